The summed E-state index contributed by atoms with van der Waals surface area (Å²) in [4.78, 5) is 24.3. The van der Waals surface area contributed by atoms with Gasteiger partial charge < -0.3 is 10.1 Å². The molecule has 0 aliphatic heterocycles. The predicted molar refractivity (Wildman–Crippen MR) is 116 cm³/mol. The van der Waals surface area contributed by atoms with Gasteiger partial charge in [-0.15, -0.1) is 0 Å². The Morgan fingerprint density at radius 3 is 2.03 bits per heavy atom. The molecule has 7 nitrogen and oxygen atoms in total. The number of rotatable bonds is 9. The molecule has 30 heavy (non-hydrogen) atoms. The van der Waals surface area contributed by atoms with Crippen LogP contribution in [0.5, 0.6) is 0 Å². The van der Waals surface area contributed by atoms with Crippen molar-refractivity contribution in [1.82, 2.24) is 4.31 Å². The van der Waals surface area contributed by atoms with Crippen molar-refractivity contribution in [1.29, 1.82) is 0 Å². The lowest BCUT2D eigenvalue weighted by molar-refractivity contribution is -0.119. The molecule has 1 amide bonds. The zero-order valence-electron chi connectivity index (χ0n) is 17.7. The average molecular weight is 433 g/mol. The maximum absolute atomic E-state index is 12.5. The van der Waals surface area contributed by atoms with Crippen molar-refractivity contribution in [3.05, 3.63) is 59.7 Å². The van der Waals surface area contributed by atoms with Gasteiger partial charge in [-0.2, -0.15) is 4.31 Å². The molecule has 0 spiro atoms. The van der Waals surface area contributed by atoms with E-state index in [9.17, 15) is 18.0 Å². The number of nitrogens with one attached hydrogen (secondary N) is 1. The number of amides is 1. The molecule has 0 radical (unpaired) electrons. The van der Waals surface area contributed by atoms with Crippen LogP contribution in [0.15, 0.2) is 53.4 Å². The van der Waals surface area contributed by atoms with Gasteiger partial charge >= 0.3 is 5.97 Å². The number of sulfonamides is 1. The van der Waals surface area contributed by atoms with E-state index in [2.05, 4.69) is 19.2 Å². The van der Waals surface area contributed by atoms with Gasteiger partial charge in [0.2, 0.25) is 10.0 Å². The molecule has 0 bridgehead atoms. The van der Waals surface area contributed by atoms with Crippen molar-refractivity contribution in [2.24, 2.45) is 0 Å². The summed E-state index contributed by atoms with van der Waals surface area (Å²) >= 11 is 0. The van der Waals surface area contributed by atoms with Crippen LogP contribution in [0.2, 0.25) is 0 Å². The lowest BCUT2D eigenvalue weighted by Crippen LogP contribution is -2.30. The average Bonchev–Trinajstić information content (AvgIpc) is 2.73. The van der Waals surface area contributed by atoms with E-state index in [4.69, 9.17) is 4.74 Å². The lowest BCUT2D eigenvalue weighted by atomic mass is 10.0. The number of hydrogen-bond acceptors (Lipinski definition) is 5. The molecular formula is C22H28N2O5S. The highest BCUT2D eigenvalue weighted by molar-refractivity contribution is 7.89. The highest BCUT2D eigenvalue weighted by Crippen LogP contribution is 2.18. The molecule has 0 unspecified atom stereocenters. The van der Waals surface area contributed by atoms with Crippen LogP contribution in [-0.4, -0.2) is 44.3 Å². The monoisotopic (exact) mass is 432 g/mol. The molecule has 0 atom stereocenters. The van der Waals surface area contributed by atoms with Crippen molar-refractivity contribution >= 4 is 27.6 Å². The Labute approximate surface area is 178 Å². The van der Waals surface area contributed by atoms with Gasteiger partial charge in [0.15, 0.2) is 6.61 Å². The van der Waals surface area contributed by atoms with Crippen molar-refractivity contribution < 1.29 is 22.7 Å². The summed E-state index contributed by atoms with van der Waals surface area (Å²) in [6.45, 7) is 7.96. The van der Waals surface area contributed by atoms with Crippen molar-refractivity contribution in [3.63, 3.8) is 0 Å². The number of nitrogens with zero attached hydrogens (tertiary/aromatic N) is 1. The van der Waals surface area contributed by atoms with Gasteiger partial charge in [0.05, 0.1) is 10.5 Å². The molecule has 0 aliphatic carbocycles. The summed E-state index contributed by atoms with van der Waals surface area (Å²) in [5, 5.41) is 2.67. The minimum atomic E-state index is -3.60. The quantitative estimate of drug-likeness (QED) is 0.611. The Balaban J connectivity index is 1.94. The van der Waals surface area contributed by atoms with Crippen LogP contribution < -0.4 is 5.32 Å². The molecule has 0 saturated carbocycles. The van der Waals surface area contributed by atoms with Gasteiger partial charge in [-0.25, -0.2) is 13.2 Å². The largest absolute Gasteiger partial charge is 0.452 e. The first-order chi connectivity index (χ1) is 14.2. The highest BCUT2D eigenvalue weighted by Gasteiger charge is 2.22. The predicted octanol–water partition coefficient (Wildman–Crippen LogP) is 3.64. The summed E-state index contributed by atoms with van der Waals surface area (Å²) in [7, 11) is -3.60. The number of ether oxygens (including phenoxy) is 1. The number of benzene rings is 2. The summed E-state index contributed by atoms with van der Waals surface area (Å²) in [6, 6.07) is 12.9. The molecular weight excluding hydrogens is 404 g/mol. The third kappa shape index (κ3) is 5.90. The molecule has 8 heteroatoms. The smallest absolute Gasteiger partial charge is 0.338 e. The van der Waals surface area contributed by atoms with E-state index >= 15 is 0 Å². The molecule has 1 N–H and O–H groups in total. The minimum Gasteiger partial charge on any atom is -0.452 e. The molecule has 2 rings (SSSR count). The second kappa shape index (κ2) is 10.4. The molecule has 0 aliphatic rings. The van der Waals surface area contributed by atoms with E-state index in [0.29, 0.717) is 24.7 Å². The fourth-order valence-electron chi connectivity index (χ4n) is 2.84. The van der Waals surface area contributed by atoms with Gasteiger partial charge in [-0.05, 0) is 47.9 Å². The van der Waals surface area contributed by atoms with Gasteiger partial charge in [0.25, 0.3) is 5.91 Å². The fourth-order valence-corrected chi connectivity index (χ4v) is 4.30. The van der Waals surface area contributed by atoms with Crippen molar-refractivity contribution in [2.45, 2.75) is 38.5 Å². The topological polar surface area (TPSA) is 92.8 Å². The van der Waals surface area contributed by atoms with Gasteiger partial charge in [-0.3, -0.25) is 4.79 Å². The molecule has 162 valence electrons. The van der Waals surface area contributed by atoms with Crippen LogP contribution >= 0.6 is 0 Å². The van der Waals surface area contributed by atoms with Crippen LogP contribution in [-0.2, 0) is 19.6 Å². The molecule has 0 heterocycles. The second-order valence-corrected chi connectivity index (χ2v) is 8.95. The second-order valence-electron chi connectivity index (χ2n) is 7.01. The first-order valence-corrected chi connectivity index (χ1v) is 11.3. The van der Waals surface area contributed by atoms with E-state index in [1.54, 1.807) is 26.0 Å². The normalized spacial score (nSPS) is 11.5. The van der Waals surface area contributed by atoms with Crippen LogP contribution in [0, 0.1) is 0 Å². The van der Waals surface area contributed by atoms with Crippen LogP contribution in [0.25, 0.3) is 0 Å². The standard InChI is InChI=1S/C22H28N2O5S/c1-5-24(6-2)30(27,28)20-13-9-18(10-14-20)22(26)29-15-21(25)23-19-11-7-17(8-12-19)16(3)4/h7-14,16H,5-6,15H2,1-4H3,(H,23,25). The molecule has 2 aromatic carbocycles. The van der Waals surface area contributed by atoms with Gasteiger partial charge in [0.1, 0.15) is 0 Å². The summed E-state index contributed by atoms with van der Waals surface area (Å²) in [5.74, 6) is -0.766. The first kappa shape index (κ1) is 23.6. The third-order valence-electron chi connectivity index (χ3n) is 4.63. The Morgan fingerprint density at radius 2 is 1.53 bits per heavy atom. The zero-order valence-corrected chi connectivity index (χ0v) is 18.5. The first-order valence-electron chi connectivity index (χ1n) is 9.86. The number of anilines is 1. The molecule has 0 fully saturated rings. The molecule has 0 saturated heterocycles. The SMILES string of the molecule is CCN(CC)S(=O)(=O)c1ccc(C(=O)OCC(=O)Nc2ccc(C(C)C)cc2)cc1. The van der Waals surface area contributed by atoms with Crippen molar-refractivity contribution in [2.75, 3.05) is 25.0 Å². The van der Waals surface area contributed by atoms with Crippen LogP contribution in [0.4, 0.5) is 5.69 Å². The number of carbonyl (C=O) groups is 2. The number of esters is 1. The van der Waals surface area contributed by atoms with Gasteiger partial charge in [0, 0.05) is 18.8 Å². The molecule has 2 aromatic rings. The maximum atomic E-state index is 12.5. The Hall–Kier alpha value is -2.71. The maximum Gasteiger partial charge on any atom is 0.338 e. The van der Waals surface area contributed by atoms with E-state index in [0.717, 1.165) is 5.56 Å². The van der Waals surface area contributed by atoms with Crippen molar-refractivity contribution in [3.8, 4) is 0 Å². The Bertz CT molecular complexity index is 964. The minimum absolute atomic E-state index is 0.102. The summed E-state index contributed by atoms with van der Waals surface area (Å²) in [6.07, 6.45) is 0. The van der Waals surface area contributed by atoms with Gasteiger partial charge in [-0.1, -0.05) is 39.8 Å². The number of hydrogen-bond donors (Lipinski definition) is 1. The van der Waals surface area contributed by atoms with E-state index < -0.39 is 28.5 Å². The van der Waals surface area contributed by atoms with E-state index in [-0.39, 0.29) is 10.5 Å². The third-order valence-corrected chi connectivity index (χ3v) is 6.69. The zero-order chi connectivity index (χ0) is 22.3. The summed E-state index contributed by atoms with van der Waals surface area (Å²) in [5.41, 5.74) is 1.94. The number of carbonyl (C=O) groups excluding carboxylic acids is 2. The lowest BCUT2D eigenvalue weighted by Gasteiger charge is -2.18. The molecule has 0 aromatic heterocycles. The van der Waals surface area contributed by atoms with Crippen LogP contribution in [0.3, 0.4) is 0 Å². The van der Waals surface area contributed by atoms with E-state index in [1.165, 1.54) is 28.6 Å². The van der Waals surface area contributed by atoms with Crippen LogP contribution in [0.1, 0.15) is 49.5 Å². The Kier molecular flexibility index (Phi) is 8.14. The highest BCUT2D eigenvalue weighted by atomic mass is 32.2. The summed E-state index contributed by atoms with van der Waals surface area (Å²) < 4.78 is 31.3. The van der Waals surface area contributed by atoms with E-state index in [1.807, 2.05) is 12.1 Å². The Morgan fingerprint density at radius 1 is 0.967 bits per heavy atom. The fraction of sp³-hybridized carbons (Fsp3) is 0.364.